The van der Waals surface area contributed by atoms with Crippen LogP contribution in [-0.4, -0.2) is 66.5 Å². The number of unbranched alkanes of at least 4 members (excludes halogenated alkanes) is 13. The fraction of sp³-hybridized carbons (Fsp3) is 0.586. The molecule has 462 valence electrons. The predicted octanol–water partition coefficient (Wildman–Crippen LogP) is 19.3. The number of aliphatic hydroxyl groups is 1. The largest absolute Gasteiger partial charge is 0.472 e. The second kappa shape index (κ2) is 62.2. The molecule has 11 nitrogen and oxygen atoms in total. The Balaban J connectivity index is 4.90. The highest BCUT2D eigenvalue weighted by Gasteiger charge is 2.28. The molecule has 0 amide bonds. The number of hydrogen-bond donors (Lipinski definition) is 2. The molecule has 0 spiro atoms. The average molecular weight is 1160 g/mol. The van der Waals surface area contributed by atoms with Gasteiger partial charge in [0.15, 0.2) is 6.10 Å². The summed E-state index contributed by atoms with van der Waals surface area (Å²) >= 11 is 0. The molecule has 0 aliphatic carbocycles. The van der Waals surface area contributed by atoms with Gasteiger partial charge in [0.2, 0.25) is 0 Å². The molecule has 0 bridgehead atoms. The zero-order valence-corrected chi connectivity index (χ0v) is 52.0. The van der Waals surface area contributed by atoms with E-state index in [0.29, 0.717) is 25.7 Å². The lowest BCUT2D eigenvalue weighted by Gasteiger charge is -2.21. The van der Waals surface area contributed by atoms with Crippen molar-refractivity contribution >= 4 is 25.7 Å². The number of carbonyl (C=O) groups is 3. The molecule has 82 heavy (non-hydrogen) atoms. The first kappa shape index (κ1) is 77.1. The summed E-state index contributed by atoms with van der Waals surface area (Å²) in [6, 6.07) is 0. The number of ether oxygens (including phenoxy) is 3. The minimum atomic E-state index is -4.80. The molecule has 0 aromatic carbocycles. The Kier molecular flexibility index (Phi) is 58.4. The van der Waals surface area contributed by atoms with Crippen LogP contribution in [0.5, 0.6) is 0 Å². The monoisotopic (exact) mass is 1160 g/mol. The van der Waals surface area contributed by atoms with Crippen LogP contribution in [0.1, 0.15) is 226 Å². The Morgan fingerprint density at radius 1 is 0.354 bits per heavy atom. The van der Waals surface area contributed by atoms with Crippen molar-refractivity contribution in [3.63, 3.8) is 0 Å². The summed E-state index contributed by atoms with van der Waals surface area (Å²) in [7, 11) is -4.80. The summed E-state index contributed by atoms with van der Waals surface area (Å²) in [6.07, 6.45) is 82.1. The summed E-state index contributed by atoms with van der Waals surface area (Å²) in [5, 5.41) is 9.85. The zero-order valence-electron chi connectivity index (χ0n) is 51.1. The highest BCUT2D eigenvalue weighted by atomic mass is 31.2. The van der Waals surface area contributed by atoms with Crippen molar-refractivity contribution in [3.8, 4) is 0 Å². The number of hydrogen-bond acceptors (Lipinski definition) is 10. The first-order valence-corrected chi connectivity index (χ1v) is 32.9. The maximum atomic E-state index is 12.9. The van der Waals surface area contributed by atoms with Crippen LogP contribution in [0.25, 0.3) is 0 Å². The van der Waals surface area contributed by atoms with E-state index in [9.17, 15) is 28.9 Å². The van der Waals surface area contributed by atoms with Crippen molar-refractivity contribution in [2.75, 3.05) is 26.4 Å². The van der Waals surface area contributed by atoms with Crippen LogP contribution in [-0.2, 0) is 42.2 Å². The molecule has 3 unspecified atom stereocenters. The Bertz CT molecular complexity index is 1980. The minimum Gasteiger partial charge on any atom is -0.462 e. The molecule has 0 radical (unpaired) electrons. The van der Waals surface area contributed by atoms with E-state index in [2.05, 4.69) is 167 Å². The highest BCUT2D eigenvalue weighted by molar-refractivity contribution is 7.47. The lowest BCUT2D eigenvalue weighted by molar-refractivity contribution is -0.161. The van der Waals surface area contributed by atoms with Gasteiger partial charge in [-0.2, -0.15) is 0 Å². The molecule has 0 saturated carbocycles. The van der Waals surface area contributed by atoms with Crippen molar-refractivity contribution in [1.82, 2.24) is 0 Å². The Labute approximate surface area is 498 Å². The van der Waals surface area contributed by atoms with Crippen LogP contribution < -0.4 is 0 Å². The summed E-state index contributed by atoms with van der Waals surface area (Å²) < 4.78 is 39.5. The first-order valence-electron chi connectivity index (χ1n) is 31.4. The van der Waals surface area contributed by atoms with Gasteiger partial charge in [0.25, 0.3) is 0 Å². The molecule has 12 heteroatoms. The maximum Gasteiger partial charge on any atom is 0.472 e. The molecule has 0 aromatic rings. The first-order chi connectivity index (χ1) is 40.2. The summed E-state index contributed by atoms with van der Waals surface area (Å²) in [5.74, 6) is -1.63. The third-order valence-electron chi connectivity index (χ3n) is 12.4. The lowest BCUT2D eigenvalue weighted by atomic mass is 10.1. The molecular formula is C70H111O11P. The number of allylic oxidation sites excluding steroid dienone is 26. The quantitative estimate of drug-likeness (QED) is 0.0197. The van der Waals surface area contributed by atoms with Crippen molar-refractivity contribution in [2.24, 2.45) is 0 Å². The lowest BCUT2D eigenvalue weighted by Crippen LogP contribution is -2.30. The molecular weight excluding hydrogens is 1050 g/mol. The van der Waals surface area contributed by atoms with Gasteiger partial charge < -0.3 is 24.2 Å². The Hall–Kier alpha value is -4.90. The molecule has 0 aromatic heterocycles. The van der Waals surface area contributed by atoms with E-state index in [1.807, 2.05) is 12.2 Å². The smallest absolute Gasteiger partial charge is 0.462 e. The van der Waals surface area contributed by atoms with E-state index in [1.54, 1.807) is 0 Å². The highest BCUT2D eigenvalue weighted by Crippen LogP contribution is 2.43. The number of carbonyl (C=O) groups excluding carboxylic acids is 3. The van der Waals surface area contributed by atoms with Gasteiger partial charge in [0.05, 0.1) is 19.8 Å². The van der Waals surface area contributed by atoms with Gasteiger partial charge >= 0.3 is 25.7 Å². The average Bonchev–Trinajstić information content (AvgIpc) is 3.50. The van der Waals surface area contributed by atoms with Crippen LogP contribution in [0.2, 0.25) is 0 Å². The van der Waals surface area contributed by atoms with E-state index < -0.39 is 64.4 Å². The second-order valence-electron chi connectivity index (χ2n) is 20.1. The molecule has 0 aliphatic rings. The minimum absolute atomic E-state index is 0.0251. The van der Waals surface area contributed by atoms with Crippen LogP contribution in [0.4, 0.5) is 0 Å². The van der Waals surface area contributed by atoms with Crippen molar-refractivity contribution in [2.45, 2.75) is 238 Å². The number of aliphatic hydroxyl groups excluding tert-OH is 1. The van der Waals surface area contributed by atoms with Crippen molar-refractivity contribution < 1.29 is 52.2 Å². The molecule has 2 N–H and O–H groups in total. The van der Waals surface area contributed by atoms with Gasteiger partial charge in [0.1, 0.15) is 12.7 Å². The molecule has 0 aliphatic heterocycles. The predicted molar refractivity (Wildman–Crippen MR) is 343 cm³/mol. The van der Waals surface area contributed by atoms with Gasteiger partial charge in [-0.25, -0.2) is 4.57 Å². The van der Waals surface area contributed by atoms with E-state index in [0.717, 1.165) is 122 Å². The normalized spacial score (nSPS) is 14.4. The van der Waals surface area contributed by atoms with E-state index in [1.165, 1.54) is 38.5 Å². The van der Waals surface area contributed by atoms with Crippen LogP contribution in [0, 0.1) is 0 Å². The third-order valence-corrected chi connectivity index (χ3v) is 13.4. The van der Waals surface area contributed by atoms with Crippen LogP contribution in [0.3, 0.4) is 0 Å². The van der Waals surface area contributed by atoms with Crippen molar-refractivity contribution in [3.05, 3.63) is 158 Å². The summed E-state index contributed by atoms with van der Waals surface area (Å²) in [5.41, 5.74) is 0. The van der Waals surface area contributed by atoms with Crippen LogP contribution >= 0.6 is 7.82 Å². The number of rotatable bonds is 56. The van der Waals surface area contributed by atoms with Crippen LogP contribution in [0.15, 0.2) is 158 Å². The molecule has 0 saturated heterocycles. The Morgan fingerprint density at radius 2 is 0.659 bits per heavy atom. The summed E-state index contributed by atoms with van der Waals surface area (Å²) in [6.45, 7) is 4.25. The fourth-order valence-corrected chi connectivity index (χ4v) is 8.52. The zero-order chi connectivity index (χ0) is 59.8. The standard InChI is InChI=1S/C70H111O11P/c1-4-7-10-13-16-19-22-25-28-31-33-36-38-41-44-47-50-53-56-59-68(72)77-63-67(81-70(74)61-58-55-52-49-46-43-40-37-34-32-29-26-23-20-17-14-11-8-5-2)65-79-82(75,76)78-64-66(62-71)80-69(73)60-57-54-51-48-45-42-39-35-30-27-24-21-18-15-12-9-6-3/h7-8,10-11,16-21,25-30,33-34,36-37,41,43-44,46,52,55,66-67,71H,4-6,9,12-15,22-24,31-32,35,38-40,42,45,47-51,53-54,56-65H2,1-3H3,(H,75,76)/b10-7-,11-8-,19-16-,20-17-,21-18-,28-25-,29-26-,30-27-,36-33-,37-34-,44-41-,46-43-,55-52-. The molecule has 0 fully saturated rings. The van der Waals surface area contributed by atoms with Crippen molar-refractivity contribution in [1.29, 1.82) is 0 Å². The molecule has 0 rings (SSSR count). The topological polar surface area (TPSA) is 155 Å². The van der Waals surface area contributed by atoms with Gasteiger partial charge in [-0.3, -0.25) is 23.4 Å². The molecule has 3 atom stereocenters. The molecule has 0 heterocycles. The Morgan fingerprint density at radius 3 is 1.06 bits per heavy atom. The SMILES string of the molecule is CC/C=C\C/C=C\C/C=C\C/C=C\C/C=C\C/C=C\CCC(=O)OC(COC(=O)CCCCC/C=C\C/C=C\C/C=C\C/C=C\C/C=C\CC)COP(=O)(O)OCC(CO)OC(=O)CCCCCCCCC/C=C\C/C=C\CCCCC. The van der Waals surface area contributed by atoms with E-state index in [-0.39, 0.29) is 19.3 Å². The van der Waals surface area contributed by atoms with E-state index in [4.69, 9.17) is 23.3 Å². The van der Waals surface area contributed by atoms with Gasteiger partial charge in [-0.1, -0.05) is 230 Å². The van der Waals surface area contributed by atoms with Gasteiger partial charge in [-0.05, 0) is 135 Å². The van der Waals surface area contributed by atoms with Gasteiger partial charge in [-0.15, -0.1) is 0 Å². The van der Waals surface area contributed by atoms with Gasteiger partial charge in [0, 0.05) is 19.3 Å². The second-order valence-corrected chi connectivity index (χ2v) is 21.6. The number of phosphoric ester groups is 1. The van der Waals surface area contributed by atoms with E-state index >= 15 is 0 Å². The third kappa shape index (κ3) is 59.7. The maximum absolute atomic E-state index is 12.9. The number of esters is 3. The fourth-order valence-electron chi connectivity index (χ4n) is 7.73. The number of phosphoric acid groups is 1. The summed E-state index contributed by atoms with van der Waals surface area (Å²) in [4.78, 5) is 48.7.